The molecule has 2 aliphatic rings. The molecule has 0 amide bonds. The summed E-state index contributed by atoms with van der Waals surface area (Å²) in [7, 11) is 0. The van der Waals surface area contributed by atoms with Gasteiger partial charge in [0.25, 0.3) is 0 Å². The van der Waals surface area contributed by atoms with Crippen molar-refractivity contribution >= 4 is 28.9 Å². The van der Waals surface area contributed by atoms with Crippen LogP contribution in [0, 0.1) is 17.3 Å². The smallest absolute Gasteiger partial charge is 0.345 e. The summed E-state index contributed by atoms with van der Waals surface area (Å²) >= 11 is 8.05. The standard InChI is InChI=1S/C23H35ClO3S/c1-2-23(14-5-15-23)21(25)9-4-8-18-16(10-12-19(18)24)6-3-7-17-11-13-20(28-17)22(26)27/h11,13,16,18-19,21,25H,2-10,12,14-15H2,1H3,(H,26,27)/t16-,18+,19-,21?/m0/s1. The predicted octanol–water partition coefficient (Wildman–Crippen LogP) is 6.51. The molecular formula is C23H35ClO3S. The third kappa shape index (κ3) is 5.12. The minimum atomic E-state index is -0.828. The zero-order valence-corrected chi connectivity index (χ0v) is 18.6. The molecule has 1 aromatic heterocycles. The lowest BCUT2D eigenvalue weighted by atomic mass is 9.62. The normalized spacial score (nSPS) is 27.5. The second-order valence-corrected chi connectivity index (χ2v) is 10.7. The highest BCUT2D eigenvalue weighted by Gasteiger charge is 2.41. The van der Waals surface area contributed by atoms with Crippen molar-refractivity contribution in [1.82, 2.24) is 0 Å². The summed E-state index contributed by atoms with van der Waals surface area (Å²) in [6.45, 7) is 2.22. The van der Waals surface area contributed by atoms with Crippen LogP contribution in [0.2, 0.25) is 0 Å². The highest BCUT2D eigenvalue weighted by atomic mass is 35.5. The van der Waals surface area contributed by atoms with Gasteiger partial charge in [0.2, 0.25) is 0 Å². The Morgan fingerprint density at radius 3 is 2.68 bits per heavy atom. The number of hydrogen-bond donors (Lipinski definition) is 2. The highest BCUT2D eigenvalue weighted by Crippen LogP contribution is 2.48. The molecule has 28 heavy (non-hydrogen) atoms. The summed E-state index contributed by atoms with van der Waals surface area (Å²) < 4.78 is 0. The Labute approximate surface area is 178 Å². The van der Waals surface area contributed by atoms with Crippen molar-refractivity contribution in [3.8, 4) is 0 Å². The molecule has 2 N–H and O–H groups in total. The molecule has 2 aliphatic carbocycles. The lowest BCUT2D eigenvalue weighted by molar-refractivity contribution is -0.0437. The first-order valence-corrected chi connectivity index (χ1v) is 12.3. The Morgan fingerprint density at radius 2 is 2.07 bits per heavy atom. The second-order valence-electron chi connectivity index (χ2n) is 9.00. The van der Waals surface area contributed by atoms with Crippen molar-refractivity contribution in [2.24, 2.45) is 17.3 Å². The molecule has 0 spiro atoms. The molecule has 2 fully saturated rings. The van der Waals surface area contributed by atoms with Gasteiger partial charge in [-0.2, -0.15) is 0 Å². The van der Waals surface area contributed by atoms with Crippen LogP contribution in [0.5, 0.6) is 0 Å². The Morgan fingerprint density at radius 1 is 1.29 bits per heavy atom. The Hall–Kier alpha value is -0.580. The van der Waals surface area contributed by atoms with Crippen LogP contribution in [0.15, 0.2) is 12.1 Å². The van der Waals surface area contributed by atoms with Crippen LogP contribution in [0.25, 0.3) is 0 Å². The third-order valence-electron chi connectivity index (χ3n) is 7.53. The van der Waals surface area contributed by atoms with E-state index in [1.54, 1.807) is 6.07 Å². The third-order valence-corrected chi connectivity index (χ3v) is 9.20. The van der Waals surface area contributed by atoms with Crippen LogP contribution in [0.3, 0.4) is 0 Å². The Balaban J connectivity index is 1.41. The number of aryl methyl sites for hydroxylation is 1. The zero-order chi connectivity index (χ0) is 20.1. The van der Waals surface area contributed by atoms with E-state index in [1.165, 1.54) is 48.3 Å². The molecule has 5 heteroatoms. The summed E-state index contributed by atoms with van der Waals surface area (Å²) in [5.41, 5.74) is 0.213. The molecule has 4 atom stereocenters. The number of thiophene rings is 1. The lowest BCUT2D eigenvalue weighted by Gasteiger charge is -2.45. The minimum absolute atomic E-state index is 0.137. The van der Waals surface area contributed by atoms with Crippen molar-refractivity contribution in [3.63, 3.8) is 0 Å². The Bertz CT molecular complexity index is 634. The second kappa shape index (κ2) is 9.95. The summed E-state index contributed by atoms with van der Waals surface area (Å²) in [5.74, 6) is 0.430. The zero-order valence-electron chi connectivity index (χ0n) is 17.0. The number of halogens is 1. The average Bonchev–Trinajstić information content (AvgIpc) is 3.23. The number of hydrogen-bond acceptors (Lipinski definition) is 3. The number of carbonyl (C=O) groups is 1. The maximum Gasteiger partial charge on any atom is 0.345 e. The van der Waals surface area contributed by atoms with Crippen molar-refractivity contribution in [3.05, 3.63) is 21.9 Å². The van der Waals surface area contributed by atoms with E-state index in [-0.39, 0.29) is 16.9 Å². The monoisotopic (exact) mass is 426 g/mol. The van der Waals surface area contributed by atoms with E-state index < -0.39 is 5.97 Å². The maximum absolute atomic E-state index is 11.0. The van der Waals surface area contributed by atoms with E-state index >= 15 is 0 Å². The van der Waals surface area contributed by atoms with Crippen LogP contribution < -0.4 is 0 Å². The number of aromatic carboxylic acids is 1. The molecule has 1 aromatic rings. The molecule has 2 saturated carbocycles. The molecule has 1 heterocycles. The SMILES string of the molecule is CCC1(C(O)CCC[C@@H]2[C@@H](CCCc3ccc(C(=O)O)s3)CC[C@@H]2Cl)CCC1. The minimum Gasteiger partial charge on any atom is -0.477 e. The number of carboxylic acid groups (broad SMARTS) is 1. The number of rotatable bonds is 11. The topological polar surface area (TPSA) is 57.5 Å². The molecule has 0 aromatic carbocycles. The van der Waals surface area contributed by atoms with Gasteiger partial charge in [-0.15, -0.1) is 22.9 Å². The van der Waals surface area contributed by atoms with Gasteiger partial charge in [-0.3, -0.25) is 0 Å². The number of aliphatic hydroxyl groups is 1. The van der Waals surface area contributed by atoms with Crippen LogP contribution in [0.1, 0.15) is 92.1 Å². The fourth-order valence-electron chi connectivity index (χ4n) is 5.44. The van der Waals surface area contributed by atoms with E-state index in [2.05, 4.69) is 6.92 Å². The largest absolute Gasteiger partial charge is 0.477 e. The van der Waals surface area contributed by atoms with E-state index in [0.717, 1.165) is 44.9 Å². The molecular weight excluding hydrogens is 392 g/mol. The van der Waals surface area contributed by atoms with E-state index in [4.69, 9.17) is 16.7 Å². The molecule has 0 radical (unpaired) electrons. The summed E-state index contributed by atoms with van der Waals surface area (Å²) in [6.07, 6.45) is 13.3. The number of carboxylic acids is 1. The number of aliphatic hydroxyl groups excluding tert-OH is 1. The average molecular weight is 427 g/mol. The van der Waals surface area contributed by atoms with Gasteiger partial charge in [0.05, 0.1) is 6.10 Å². The fraction of sp³-hybridized carbons (Fsp3) is 0.783. The van der Waals surface area contributed by atoms with Crippen molar-refractivity contribution in [2.75, 3.05) is 0 Å². The van der Waals surface area contributed by atoms with Gasteiger partial charge in [0.1, 0.15) is 4.88 Å². The highest BCUT2D eigenvalue weighted by molar-refractivity contribution is 7.13. The molecule has 3 nitrogen and oxygen atoms in total. The molecule has 158 valence electrons. The molecule has 3 rings (SSSR count). The first-order valence-electron chi connectivity index (χ1n) is 11.1. The van der Waals surface area contributed by atoms with Gasteiger partial charge >= 0.3 is 5.97 Å². The predicted molar refractivity (Wildman–Crippen MR) is 117 cm³/mol. The molecule has 0 saturated heterocycles. The fourth-order valence-corrected chi connectivity index (χ4v) is 6.79. The molecule has 0 bridgehead atoms. The van der Waals surface area contributed by atoms with Crippen molar-refractivity contribution in [1.29, 1.82) is 0 Å². The van der Waals surface area contributed by atoms with Crippen LogP contribution >= 0.6 is 22.9 Å². The van der Waals surface area contributed by atoms with E-state index in [0.29, 0.717) is 16.7 Å². The first-order chi connectivity index (χ1) is 13.4. The van der Waals surface area contributed by atoms with Gasteiger partial charge in [-0.25, -0.2) is 4.79 Å². The Kier molecular flexibility index (Phi) is 7.86. The van der Waals surface area contributed by atoms with Crippen LogP contribution in [0.4, 0.5) is 0 Å². The summed E-state index contributed by atoms with van der Waals surface area (Å²) in [5, 5.41) is 20.0. The quantitative estimate of drug-likeness (QED) is 0.396. The van der Waals surface area contributed by atoms with Gasteiger partial charge < -0.3 is 10.2 Å². The lowest BCUT2D eigenvalue weighted by Crippen LogP contribution is -2.40. The molecule has 0 aliphatic heterocycles. The van der Waals surface area contributed by atoms with Crippen LogP contribution in [-0.2, 0) is 6.42 Å². The van der Waals surface area contributed by atoms with E-state index in [1.807, 2.05) is 6.07 Å². The van der Waals surface area contributed by atoms with Gasteiger partial charge in [-0.1, -0.05) is 19.8 Å². The van der Waals surface area contributed by atoms with Gasteiger partial charge in [-0.05, 0) is 93.6 Å². The van der Waals surface area contributed by atoms with Crippen molar-refractivity contribution in [2.45, 2.75) is 95.5 Å². The van der Waals surface area contributed by atoms with E-state index in [9.17, 15) is 9.90 Å². The van der Waals surface area contributed by atoms with Crippen molar-refractivity contribution < 1.29 is 15.0 Å². The summed E-state index contributed by atoms with van der Waals surface area (Å²) in [6, 6.07) is 3.67. The first kappa shape index (κ1) is 22.1. The van der Waals surface area contributed by atoms with Gasteiger partial charge in [0, 0.05) is 10.3 Å². The maximum atomic E-state index is 11.0. The summed E-state index contributed by atoms with van der Waals surface area (Å²) in [4.78, 5) is 12.6. The number of alkyl halides is 1. The van der Waals surface area contributed by atoms with Gasteiger partial charge in [0.15, 0.2) is 0 Å². The van der Waals surface area contributed by atoms with Crippen LogP contribution in [-0.4, -0.2) is 27.7 Å². The molecule has 1 unspecified atom stereocenters.